The highest BCUT2D eigenvalue weighted by atomic mass is 16.4. The number of aliphatic carboxylic acids is 1. The van der Waals surface area contributed by atoms with Crippen molar-refractivity contribution in [2.45, 2.75) is 64.0 Å². The fourth-order valence-corrected chi connectivity index (χ4v) is 3.27. The number of rotatable bonds is 4. The van der Waals surface area contributed by atoms with Gasteiger partial charge in [0.05, 0.1) is 0 Å². The number of hydrogen-bond donors (Lipinski definition) is 1. The maximum Gasteiger partial charge on any atom is 0.324 e. The van der Waals surface area contributed by atoms with E-state index in [1.165, 1.54) is 12.8 Å². The summed E-state index contributed by atoms with van der Waals surface area (Å²) >= 11 is 0. The molecule has 1 atom stereocenters. The second-order valence-electron chi connectivity index (χ2n) is 6.25. The monoisotopic (exact) mass is 239 g/mol. The predicted molar refractivity (Wildman–Crippen MR) is 67.9 cm³/mol. The van der Waals surface area contributed by atoms with E-state index >= 15 is 0 Å². The quantitative estimate of drug-likeness (QED) is 0.820. The highest BCUT2D eigenvalue weighted by Gasteiger charge is 2.51. The number of likely N-dealkylation sites (N-methyl/N-ethyl adjacent to an activating group) is 1. The summed E-state index contributed by atoms with van der Waals surface area (Å²) in [6, 6.07) is 0.466. The van der Waals surface area contributed by atoms with Gasteiger partial charge in [0.2, 0.25) is 0 Å². The zero-order valence-electron chi connectivity index (χ0n) is 11.3. The summed E-state index contributed by atoms with van der Waals surface area (Å²) in [5, 5.41) is 9.55. The Bertz CT molecular complexity index is 293. The molecule has 1 unspecified atom stereocenters. The number of carboxylic acid groups (broad SMARTS) is 1. The molecule has 0 aromatic heterocycles. The topological polar surface area (TPSA) is 40.5 Å². The van der Waals surface area contributed by atoms with Crippen LogP contribution in [0.4, 0.5) is 0 Å². The van der Waals surface area contributed by atoms with Crippen LogP contribution in [-0.2, 0) is 4.79 Å². The largest absolute Gasteiger partial charge is 0.480 e. The third-order valence-electron chi connectivity index (χ3n) is 5.07. The Kier molecular flexibility index (Phi) is 3.48. The van der Waals surface area contributed by atoms with Crippen molar-refractivity contribution in [1.29, 1.82) is 0 Å². The van der Waals surface area contributed by atoms with Gasteiger partial charge in [-0.05, 0) is 64.3 Å². The van der Waals surface area contributed by atoms with Crippen LogP contribution < -0.4 is 0 Å². The Labute approximate surface area is 104 Å². The highest BCUT2D eigenvalue weighted by Crippen LogP contribution is 2.44. The fraction of sp³-hybridized carbons (Fsp3) is 0.929. The summed E-state index contributed by atoms with van der Waals surface area (Å²) < 4.78 is 0. The van der Waals surface area contributed by atoms with Crippen LogP contribution in [0.15, 0.2) is 0 Å². The summed E-state index contributed by atoms with van der Waals surface area (Å²) in [5.41, 5.74) is -0.634. The van der Waals surface area contributed by atoms with Gasteiger partial charge < -0.3 is 5.11 Å². The third kappa shape index (κ3) is 2.35. The van der Waals surface area contributed by atoms with Crippen molar-refractivity contribution in [3.63, 3.8) is 0 Å². The first-order valence-electron chi connectivity index (χ1n) is 6.92. The summed E-state index contributed by atoms with van der Waals surface area (Å²) in [7, 11) is 2.02. The molecule has 0 aliphatic heterocycles. The highest BCUT2D eigenvalue weighted by molar-refractivity contribution is 5.79. The molecule has 2 aliphatic rings. The van der Waals surface area contributed by atoms with E-state index in [2.05, 4.69) is 11.8 Å². The van der Waals surface area contributed by atoms with Crippen molar-refractivity contribution >= 4 is 5.97 Å². The molecule has 0 aromatic rings. The van der Waals surface area contributed by atoms with Gasteiger partial charge in [-0.2, -0.15) is 0 Å². The molecule has 2 rings (SSSR count). The van der Waals surface area contributed by atoms with Crippen LogP contribution >= 0.6 is 0 Å². The van der Waals surface area contributed by atoms with Crippen molar-refractivity contribution < 1.29 is 9.90 Å². The predicted octanol–water partition coefficient (Wildman–Crippen LogP) is 2.75. The van der Waals surface area contributed by atoms with Crippen molar-refractivity contribution in [2.75, 3.05) is 7.05 Å². The Morgan fingerprint density at radius 1 is 1.18 bits per heavy atom. The van der Waals surface area contributed by atoms with Crippen molar-refractivity contribution in [3.8, 4) is 0 Å². The van der Waals surface area contributed by atoms with Gasteiger partial charge in [-0.1, -0.05) is 6.92 Å². The zero-order chi connectivity index (χ0) is 12.6. The molecule has 2 saturated carbocycles. The van der Waals surface area contributed by atoms with E-state index < -0.39 is 11.5 Å². The molecule has 0 saturated heterocycles. The Hall–Kier alpha value is -0.570. The van der Waals surface area contributed by atoms with E-state index in [-0.39, 0.29) is 0 Å². The van der Waals surface area contributed by atoms with E-state index in [1.807, 2.05) is 14.0 Å². The van der Waals surface area contributed by atoms with Crippen molar-refractivity contribution in [2.24, 2.45) is 11.8 Å². The molecular weight excluding hydrogens is 214 g/mol. The first kappa shape index (κ1) is 12.9. The first-order valence-corrected chi connectivity index (χ1v) is 6.92. The van der Waals surface area contributed by atoms with Gasteiger partial charge in [0, 0.05) is 6.04 Å². The fourth-order valence-electron chi connectivity index (χ4n) is 3.27. The van der Waals surface area contributed by atoms with Crippen molar-refractivity contribution in [1.82, 2.24) is 4.90 Å². The number of carbonyl (C=O) groups is 1. The first-order chi connectivity index (χ1) is 7.96. The van der Waals surface area contributed by atoms with Crippen LogP contribution in [0.3, 0.4) is 0 Å². The molecule has 0 heterocycles. The summed E-state index contributed by atoms with van der Waals surface area (Å²) in [4.78, 5) is 13.8. The van der Waals surface area contributed by atoms with Crippen LogP contribution in [0.25, 0.3) is 0 Å². The zero-order valence-corrected chi connectivity index (χ0v) is 11.3. The Morgan fingerprint density at radius 2 is 1.71 bits per heavy atom. The standard InChI is InChI=1S/C14H25NO2/c1-10-4-8-12(9-5-10)15(3)14(2,13(16)17)11-6-7-11/h10-12H,4-9H2,1-3H3,(H,16,17). The lowest BCUT2D eigenvalue weighted by atomic mass is 9.83. The Balaban J connectivity index is 2.06. The molecule has 0 radical (unpaired) electrons. The maximum absolute atomic E-state index is 11.6. The minimum absolute atomic E-state index is 0.365. The third-order valence-corrected chi connectivity index (χ3v) is 5.07. The summed E-state index contributed by atoms with van der Waals surface area (Å²) in [5.74, 6) is 0.544. The molecule has 3 nitrogen and oxygen atoms in total. The van der Waals surface area contributed by atoms with Gasteiger partial charge in [-0.25, -0.2) is 0 Å². The van der Waals surface area contributed by atoms with E-state index in [4.69, 9.17) is 0 Å². The molecule has 0 amide bonds. The summed E-state index contributed by atoms with van der Waals surface area (Å²) in [6.07, 6.45) is 6.97. The van der Waals surface area contributed by atoms with Crippen molar-refractivity contribution in [3.05, 3.63) is 0 Å². The van der Waals surface area contributed by atoms with Crippen LogP contribution in [0.2, 0.25) is 0 Å². The minimum atomic E-state index is -0.638. The second kappa shape index (κ2) is 4.60. The molecule has 2 fully saturated rings. The molecule has 98 valence electrons. The minimum Gasteiger partial charge on any atom is -0.480 e. The number of nitrogens with zero attached hydrogens (tertiary/aromatic N) is 1. The molecule has 1 N–H and O–H groups in total. The molecule has 2 aliphatic carbocycles. The van der Waals surface area contributed by atoms with Gasteiger partial charge in [0.25, 0.3) is 0 Å². The van der Waals surface area contributed by atoms with E-state index in [9.17, 15) is 9.90 Å². The lowest BCUT2D eigenvalue weighted by Crippen LogP contribution is -2.56. The van der Waals surface area contributed by atoms with Crippen LogP contribution in [0.5, 0.6) is 0 Å². The molecular formula is C14H25NO2. The molecule has 0 aromatic carbocycles. The average molecular weight is 239 g/mol. The van der Waals surface area contributed by atoms with Crippen LogP contribution in [-0.4, -0.2) is 34.6 Å². The molecule has 3 heteroatoms. The normalized spacial score (nSPS) is 33.4. The van der Waals surface area contributed by atoms with Gasteiger partial charge >= 0.3 is 5.97 Å². The van der Waals surface area contributed by atoms with E-state index in [0.717, 1.165) is 31.6 Å². The smallest absolute Gasteiger partial charge is 0.324 e. The SMILES string of the molecule is CC1CCC(N(C)C(C)(C(=O)O)C2CC2)CC1. The molecule has 0 bridgehead atoms. The lowest BCUT2D eigenvalue weighted by molar-refractivity contribution is -0.153. The molecule has 0 spiro atoms. The second-order valence-corrected chi connectivity index (χ2v) is 6.25. The van der Waals surface area contributed by atoms with Crippen LogP contribution in [0.1, 0.15) is 52.4 Å². The summed E-state index contributed by atoms with van der Waals surface area (Å²) in [6.45, 7) is 4.22. The van der Waals surface area contributed by atoms with Crippen LogP contribution in [0, 0.1) is 11.8 Å². The molecule has 17 heavy (non-hydrogen) atoms. The van der Waals surface area contributed by atoms with E-state index in [0.29, 0.717) is 12.0 Å². The average Bonchev–Trinajstić information content (AvgIpc) is 3.12. The van der Waals surface area contributed by atoms with Gasteiger partial charge in [0.15, 0.2) is 0 Å². The Morgan fingerprint density at radius 3 is 2.12 bits per heavy atom. The number of carboxylic acids is 1. The lowest BCUT2D eigenvalue weighted by Gasteiger charge is -2.43. The van der Waals surface area contributed by atoms with Gasteiger partial charge in [-0.3, -0.25) is 9.69 Å². The number of hydrogen-bond acceptors (Lipinski definition) is 2. The van der Waals surface area contributed by atoms with Gasteiger partial charge in [0.1, 0.15) is 5.54 Å². The van der Waals surface area contributed by atoms with Gasteiger partial charge in [-0.15, -0.1) is 0 Å². The van der Waals surface area contributed by atoms with E-state index in [1.54, 1.807) is 0 Å². The maximum atomic E-state index is 11.6.